The summed E-state index contributed by atoms with van der Waals surface area (Å²) < 4.78 is 21.7. The lowest BCUT2D eigenvalue weighted by atomic mass is 10.1. The second-order valence-corrected chi connectivity index (χ2v) is 8.32. The van der Waals surface area contributed by atoms with Gasteiger partial charge in [0.25, 0.3) is 0 Å². The van der Waals surface area contributed by atoms with Gasteiger partial charge in [0.2, 0.25) is 11.8 Å². The largest absolute Gasteiger partial charge is 0.474 e. The van der Waals surface area contributed by atoms with Crippen molar-refractivity contribution < 1.29 is 13.9 Å². The monoisotopic (exact) mass is 408 g/mol. The lowest BCUT2D eigenvalue weighted by molar-refractivity contribution is -0.134. The van der Waals surface area contributed by atoms with Crippen LogP contribution in [-0.2, 0) is 4.79 Å². The molecule has 0 atom stereocenters. The summed E-state index contributed by atoms with van der Waals surface area (Å²) in [6, 6.07) is 6.39. The molecular weight excluding hydrogens is 383 g/mol. The Morgan fingerprint density at radius 2 is 1.77 bits per heavy atom. The van der Waals surface area contributed by atoms with E-state index in [1.165, 1.54) is 18.5 Å². The van der Waals surface area contributed by atoms with Gasteiger partial charge in [-0.2, -0.15) is 0 Å². The maximum Gasteiger partial charge on any atom is 0.226 e. The molecule has 3 heterocycles. The number of carbonyl (C=O) groups excluding carboxylic acids is 1. The van der Waals surface area contributed by atoms with Crippen LogP contribution in [0.2, 0.25) is 0 Å². The number of aryl methyl sites for hydroxylation is 1. The number of hydrogen-bond donors (Lipinski definition) is 0. The van der Waals surface area contributed by atoms with Gasteiger partial charge in [-0.1, -0.05) is 0 Å². The summed E-state index contributed by atoms with van der Waals surface area (Å²) >= 11 is 0. The molecule has 30 heavy (non-hydrogen) atoms. The fraction of sp³-hybridized carbons (Fsp3) is 0.435. The van der Waals surface area contributed by atoms with Crippen LogP contribution in [0, 0.1) is 25.6 Å². The van der Waals surface area contributed by atoms with Crippen molar-refractivity contribution in [2.24, 2.45) is 5.92 Å². The molecule has 3 aromatic rings. The van der Waals surface area contributed by atoms with Crippen LogP contribution in [0.3, 0.4) is 0 Å². The summed E-state index contributed by atoms with van der Waals surface area (Å²) in [5.74, 6) is 0.879. The Hall–Kier alpha value is -2.96. The highest BCUT2D eigenvalue weighted by molar-refractivity contribution is 5.88. The summed E-state index contributed by atoms with van der Waals surface area (Å²) in [6.45, 7) is 5.53. The predicted octanol–water partition coefficient (Wildman–Crippen LogP) is 3.96. The van der Waals surface area contributed by atoms with E-state index in [0.29, 0.717) is 11.8 Å². The van der Waals surface area contributed by atoms with Crippen molar-refractivity contribution >= 4 is 16.9 Å². The number of carbonyl (C=O) groups is 1. The van der Waals surface area contributed by atoms with Crippen molar-refractivity contribution in [2.45, 2.75) is 45.6 Å². The van der Waals surface area contributed by atoms with Crippen molar-refractivity contribution in [3.8, 4) is 11.6 Å². The van der Waals surface area contributed by atoms with E-state index in [2.05, 4.69) is 9.97 Å². The molecule has 0 spiro atoms. The van der Waals surface area contributed by atoms with Gasteiger partial charge in [-0.05, 0) is 56.5 Å². The molecule has 2 fully saturated rings. The Kier molecular flexibility index (Phi) is 4.68. The Morgan fingerprint density at radius 1 is 1.07 bits per heavy atom. The van der Waals surface area contributed by atoms with Gasteiger partial charge in [0.1, 0.15) is 18.2 Å². The smallest absolute Gasteiger partial charge is 0.226 e. The van der Waals surface area contributed by atoms with E-state index in [0.717, 1.165) is 66.8 Å². The molecule has 7 heteroatoms. The van der Waals surface area contributed by atoms with Crippen molar-refractivity contribution in [3.05, 3.63) is 47.7 Å². The molecule has 5 rings (SSSR count). The topological polar surface area (TPSA) is 60.2 Å². The lowest BCUT2D eigenvalue weighted by Gasteiger charge is -2.32. The van der Waals surface area contributed by atoms with E-state index in [1.807, 2.05) is 23.3 Å². The number of aromatic nitrogens is 3. The maximum absolute atomic E-state index is 13.4. The van der Waals surface area contributed by atoms with E-state index in [-0.39, 0.29) is 17.8 Å². The zero-order chi connectivity index (χ0) is 20.8. The number of ether oxygens (including phenoxy) is 1. The average Bonchev–Trinajstić information content (AvgIpc) is 3.57. The van der Waals surface area contributed by atoms with E-state index >= 15 is 0 Å². The van der Waals surface area contributed by atoms with Gasteiger partial charge in [-0.25, -0.2) is 14.4 Å². The van der Waals surface area contributed by atoms with Crippen LogP contribution >= 0.6 is 0 Å². The molecule has 2 aromatic heterocycles. The van der Waals surface area contributed by atoms with Gasteiger partial charge in [0.15, 0.2) is 5.65 Å². The Balaban J connectivity index is 1.41. The number of likely N-dealkylation sites (tertiary alicyclic amines) is 1. The first kappa shape index (κ1) is 19.0. The Labute approximate surface area is 174 Å². The minimum atomic E-state index is -0.269. The van der Waals surface area contributed by atoms with Gasteiger partial charge in [0.05, 0.1) is 5.39 Å². The van der Waals surface area contributed by atoms with Crippen LogP contribution in [0.25, 0.3) is 16.7 Å². The van der Waals surface area contributed by atoms with Crippen molar-refractivity contribution in [2.75, 3.05) is 13.1 Å². The fourth-order valence-electron chi connectivity index (χ4n) is 4.30. The third-order valence-corrected chi connectivity index (χ3v) is 6.30. The first-order valence-electron chi connectivity index (χ1n) is 10.6. The van der Waals surface area contributed by atoms with Crippen LogP contribution < -0.4 is 4.74 Å². The van der Waals surface area contributed by atoms with E-state index < -0.39 is 0 Å². The summed E-state index contributed by atoms with van der Waals surface area (Å²) in [5.41, 5.74) is 3.67. The fourth-order valence-corrected chi connectivity index (χ4v) is 4.30. The standard InChI is InChI=1S/C23H25FN4O2/c1-14-15(2)28(18-7-5-17(24)6-8-18)21-20(14)22(26-13-25-21)30-19-9-11-27(12-10-19)23(29)16-3-4-16/h5-8,13,16,19H,3-4,9-12H2,1-2H3. The number of benzene rings is 1. The highest BCUT2D eigenvalue weighted by atomic mass is 19.1. The van der Waals surface area contributed by atoms with Crippen LogP contribution in [0.15, 0.2) is 30.6 Å². The molecule has 0 bridgehead atoms. The van der Waals surface area contributed by atoms with E-state index in [9.17, 15) is 9.18 Å². The van der Waals surface area contributed by atoms with Crippen LogP contribution in [-0.4, -0.2) is 44.5 Å². The number of halogens is 1. The predicted molar refractivity (Wildman–Crippen MR) is 111 cm³/mol. The van der Waals surface area contributed by atoms with Crippen molar-refractivity contribution in [3.63, 3.8) is 0 Å². The third-order valence-electron chi connectivity index (χ3n) is 6.30. The number of hydrogen-bond acceptors (Lipinski definition) is 4. The first-order valence-corrected chi connectivity index (χ1v) is 10.6. The van der Waals surface area contributed by atoms with E-state index in [1.54, 1.807) is 12.1 Å². The molecule has 1 aromatic carbocycles. The highest BCUT2D eigenvalue weighted by Crippen LogP contribution is 2.35. The molecular formula is C23H25FN4O2. The molecule has 156 valence electrons. The molecule has 1 aliphatic heterocycles. The average molecular weight is 408 g/mol. The number of nitrogens with zero attached hydrogens (tertiary/aromatic N) is 4. The Bertz CT molecular complexity index is 1100. The van der Waals surface area contributed by atoms with Crippen LogP contribution in [0.5, 0.6) is 5.88 Å². The van der Waals surface area contributed by atoms with Crippen molar-refractivity contribution in [1.82, 2.24) is 19.4 Å². The Morgan fingerprint density at radius 3 is 2.43 bits per heavy atom. The van der Waals surface area contributed by atoms with E-state index in [4.69, 9.17) is 4.74 Å². The normalized spacial score (nSPS) is 17.5. The summed E-state index contributed by atoms with van der Waals surface area (Å²) in [4.78, 5) is 23.2. The second kappa shape index (κ2) is 7.38. The summed E-state index contributed by atoms with van der Waals surface area (Å²) in [7, 11) is 0. The number of amides is 1. The van der Waals surface area contributed by atoms with Gasteiger partial charge in [-0.15, -0.1) is 0 Å². The SMILES string of the molecule is Cc1c(C)n(-c2ccc(F)cc2)c2ncnc(OC3CCN(C(=O)C4CC4)CC3)c12. The van der Waals surface area contributed by atoms with Crippen LogP contribution in [0.1, 0.15) is 36.9 Å². The minimum absolute atomic E-state index is 0.0280. The van der Waals surface area contributed by atoms with Gasteiger partial charge in [-0.3, -0.25) is 9.36 Å². The van der Waals surface area contributed by atoms with Crippen molar-refractivity contribution in [1.29, 1.82) is 0 Å². The molecule has 0 radical (unpaired) electrons. The molecule has 1 amide bonds. The number of piperidine rings is 1. The zero-order valence-corrected chi connectivity index (χ0v) is 17.3. The molecule has 2 aliphatic rings. The summed E-state index contributed by atoms with van der Waals surface area (Å²) in [6.07, 6.45) is 5.24. The molecule has 6 nitrogen and oxygen atoms in total. The minimum Gasteiger partial charge on any atom is -0.474 e. The summed E-state index contributed by atoms with van der Waals surface area (Å²) in [5, 5.41) is 0.885. The lowest BCUT2D eigenvalue weighted by Crippen LogP contribution is -2.42. The zero-order valence-electron chi connectivity index (χ0n) is 17.3. The van der Waals surface area contributed by atoms with Gasteiger partial charge >= 0.3 is 0 Å². The first-order chi connectivity index (χ1) is 14.5. The third kappa shape index (κ3) is 3.32. The maximum atomic E-state index is 13.4. The molecule has 1 saturated heterocycles. The number of fused-ring (bicyclic) bond motifs is 1. The molecule has 1 aliphatic carbocycles. The highest BCUT2D eigenvalue weighted by Gasteiger charge is 2.35. The van der Waals surface area contributed by atoms with Gasteiger partial charge in [0, 0.05) is 43.2 Å². The second-order valence-electron chi connectivity index (χ2n) is 8.32. The quantitative estimate of drug-likeness (QED) is 0.656. The molecule has 0 unspecified atom stereocenters. The number of rotatable bonds is 4. The molecule has 1 saturated carbocycles. The molecule has 0 N–H and O–H groups in total. The van der Waals surface area contributed by atoms with Crippen LogP contribution in [0.4, 0.5) is 4.39 Å². The van der Waals surface area contributed by atoms with Gasteiger partial charge < -0.3 is 9.64 Å².